The maximum atomic E-state index is 7.66. The molecule has 4 heteroatoms. The zero-order valence-corrected chi connectivity index (χ0v) is 8.93. The summed E-state index contributed by atoms with van der Waals surface area (Å²) in [5, 5.41) is 8.10. The lowest BCUT2D eigenvalue weighted by Gasteiger charge is -2.09. The van der Waals surface area contributed by atoms with Gasteiger partial charge in [0.15, 0.2) is 0 Å². The molecule has 0 aromatic carbocycles. The predicted molar refractivity (Wildman–Crippen MR) is 59.6 cm³/mol. The van der Waals surface area contributed by atoms with E-state index in [1.54, 1.807) is 19.2 Å². The van der Waals surface area contributed by atoms with Crippen molar-refractivity contribution in [3.8, 4) is 12.3 Å². The van der Waals surface area contributed by atoms with Crippen molar-refractivity contribution >= 4 is 16.8 Å². The Morgan fingerprint density at radius 1 is 1.71 bits per heavy atom. The fourth-order valence-electron chi connectivity index (χ4n) is 1.05. The Labute approximate surface area is 87.9 Å². The van der Waals surface area contributed by atoms with Crippen LogP contribution in [0.15, 0.2) is 12.3 Å². The second-order valence-corrected chi connectivity index (χ2v) is 3.54. The summed E-state index contributed by atoms with van der Waals surface area (Å²) in [7, 11) is 0. The van der Waals surface area contributed by atoms with Gasteiger partial charge in [-0.05, 0) is 19.2 Å². The van der Waals surface area contributed by atoms with Crippen LogP contribution in [0.4, 0.5) is 0 Å². The van der Waals surface area contributed by atoms with Gasteiger partial charge in [0.05, 0.1) is 10.7 Å². The van der Waals surface area contributed by atoms with E-state index in [2.05, 4.69) is 15.9 Å². The summed E-state index contributed by atoms with van der Waals surface area (Å²) in [4.78, 5) is 8.19. The quantitative estimate of drug-likeness (QED) is 0.455. The van der Waals surface area contributed by atoms with E-state index in [0.717, 1.165) is 5.69 Å². The van der Waals surface area contributed by atoms with Gasteiger partial charge in [-0.15, -0.1) is 18.2 Å². The summed E-state index contributed by atoms with van der Waals surface area (Å²) in [6, 6.07) is 1.75. The first-order chi connectivity index (χ1) is 6.69. The van der Waals surface area contributed by atoms with E-state index in [1.807, 2.05) is 6.26 Å². The first kappa shape index (κ1) is 10.7. The first-order valence-electron chi connectivity index (χ1n) is 4.07. The topological polar surface area (TPSA) is 49.6 Å². The average Bonchev–Trinajstić information content (AvgIpc) is 2.19. The molecule has 0 saturated heterocycles. The van der Waals surface area contributed by atoms with Crippen molar-refractivity contribution in [2.24, 2.45) is 0 Å². The normalized spacial score (nSPS) is 11.8. The Hall–Kier alpha value is -1.34. The van der Waals surface area contributed by atoms with Crippen molar-refractivity contribution in [2.45, 2.75) is 12.8 Å². The molecule has 1 unspecified atom stereocenters. The maximum absolute atomic E-state index is 7.66. The molecule has 14 heavy (non-hydrogen) atoms. The van der Waals surface area contributed by atoms with Crippen molar-refractivity contribution in [1.29, 1.82) is 5.41 Å². The molecule has 1 aromatic rings. The Balaban J connectivity index is 3.02. The van der Waals surface area contributed by atoms with Crippen LogP contribution in [0.25, 0.3) is 0 Å². The number of aryl methyl sites for hydroxylation is 1. The molecule has 1 rings (SSSR count). The summed E-state index contributed by atoms with van der Waals surface area (Å²) in [6.45, 7) is 1.81. The SMILES string of the molecule is C#CC(C(=N)SC)c1ccnc(C)n1. The van der Waals surface area contributed by atoms with Crippen molar-refractivity contribution in [3.05, 3.63) is 23.8 Å². The zero-order valence-electron chi connectivity index (χ0n) is 8.11. The van der Waals surface area contributed by atoms with Crippen LogP contribution in [-0.2, 0) is 0 Å². The summed E-state index contributed by atoms with van der Waals surface area (Å²) >= 11 is 1.34. The summed E-state index contributed by atoms with van der Waals surface area (Å²) < 4.78 is 0. The highest BCUT2D eigenvalue weighted by atomic mass is 32.2. The highest BCUT2D eigenvalue weighted by molar-refractivity contribution is 8.13. The van der Waals surface area contributed by atoms with Crippen LogP contribution in [0.5, 0.6) is 0 Å². The second kappa shape index (κ2) is 4.77. The van der Waals surface area contributed by atoms with Gasteiger partial charge in [0.2, 0.25) is 0 Å². The van der Waals surface area contributed by atoms with E-state index in [0.29, 0.717) is 10.9 Å². The molecule has 0 amide bonds. The summed E-state index contributed by atoms with van der Waals surface area (Å²) in [5.74, 6) is 2.90. The van der Waals surface area contributed by atoms with Gasteiger partial charge in [-0.3, -0.25) is 5.41 Å². The molecule has 0 spiro atoms. The number of nitrogens with one attached hydrogen (secondary N) is 1. The molecule has 0 fully saturated rings. The average molecular weight is 205 g/mol. The third kappa shape index (κ3) is 2.33. The third-order valence-electron chi connectivity index (χ3n) is 1.74. The van der Waals surface area contributed by atoms with Gasteiger partial charge < -0.3 is 0 Å². The lowest BCUT2D eigenvalue weighted by atomic mass is 10.1. The van der Waals surface area contributed by atoms with E-state index >= 15 is 0 Å². The van der Waals surface area contributed by atoms with Crippen LogP contribution in [0.3, 0.4) is 0 Å². The molecular weight excluding hydrogens is 194 g/mol. The molecular formula is C10H11N3S. The smallest absolute Gasteiger partial charge is 0.125 e. The van der Waals surface area contributed by atoms with Gasteiger partial charge in [0, 0.05) is 6.20 Å². The molecule has 3 nitrogen and oxygen atoms in total. The highest BCUT2D eigenvalue weighted by Crippen LogP contribution is 2.18. The van der Waals surface area contributed by atoms with Gasteiger partial charge in [-0.2, -0.15) is 0 Å². The molecule has 0 saturated carbocycles. The van der Waals surface area contributed by atoms with Gasteiger partial charge in [-0.1, -0.05) is 5.92 Å². The van der Waals surface area contributed by atoms with E-state index < -0.39 is 0 Å². The Morgan fingerprint density at radius 3 is 2.93 bits per heavy atom. The monoisotopic (exact) mass is 205 g/mol. The molecule has 0 bridgehead atoms. The fourth-order valence-corrected chi connectivity index (χ4v) is 1.47. The van der Waals surface area contributed by atoms with Gasteiger partial charge >= 0.3 is 0 Å². The molecule has 0 radical (unpaired) electrons. The van der Waals surface area contributed by atoms with E-state index in [-0.39, 0.29) is 5.92 Å². The van der Waals surface area contributed by atoms with E-state index in [9.17, 15) is 0 Å². The lowest BCUT2D eigenvalue weighted by Crippen LogP contribution is -2.08. The van der Waals surface area contributed by atoms with Crippen LogP contribution in [0.2, 0.25) is 0 Å². The number of hydrogen-bond donors (Lipinski definition) is 1. The molecule has 0 aliphatic carbocycles. The van der Waals surface area contributed by atoms with Crippen molar-refractivity contribution in [1.82, 2.24) is 9.97 Å². The maximum Gasteiger partial charge on any atom is 0.125 e. The van der Waals surface area contributed by atoms with Crippen LogP contribution in [-0.4, -0.2) is 21.3 Å². The molecule has 1 atom stereocenters. The first-order valence-corrected chi connectivity index (χ1v) is 5.29. The largest absolute Gasteiger partial charge is 0.297 e. The summed E-state index contributed by atoms with van der Waals surface area (Å²) in [6.07, 6.45) is 8.86. The fraction of sp³-hybridized carbons (Fsp3) is 0.300. The lowest BCUT2D eigenvalue weighted by molar-refractivity contribution is 0.962. The van der Waals surface area contributed by atoms with Crippen LogP contribution in [0.1, 0.15) is 17.4 Å². The van der Waals surface area contributed by atoms with E-state index in [1.165, 1.54) is 11.8 Å². The van der Waals surface area contributed by atoms with Crippen molar-refractivity contribution in [2.75, 3.05) is 6.26 Å². The predicted octanol–water partition coefficient (Wildman–Crippen LogP) is 1.84. The standard InChI is InChI=1S/C10H11N3S/c1-4-8(10(11)14-3)9-5-6-12-7(2)13-9/h1,5-6,8,11H,2-3H3. The van der Waals surface area contributed by atoms with Gasteiger partial charge in [-0.25, -0.2) is 9.97 Å². The number of hydrogen-bond acceptors (Lipinski definition) is 4. The number of nitrogens with zero attached hydrogens (tertiary/aromatic N) is 2. The number of thioether (sulfide) groups is 1. The highest BCUT2D eigenvalue weighted by Gasteiger charge is 2.14. The van der Waals surface area contributed by atoms with Crippen LogP contribution in [0, 0.1) is 24.7 Å². The Bertz CT molecular complexity index is 381. The molecule has 1 N–H and O–H groups in total. The molecule has 0 aliphatic rings. The second-order valence-electron chi connectivity index (χ2n) is 2.70. The van der Waals surface area contributed by atoms with Crippen LogP contribution < -0.4 is 0 Å². The Kier molecular flexibility index (Phi) is 3.66. The molecule has 72 valence electrons. The minimum Gasteiger partial charge on any atom is -0.297 e. The minimum atomic E-state index is -0.341. The molecule has 1 aromatic heterocycles. The van der Waals surface area contributed by atoms with Crippen molar-refractivity contribution < 1.29 is 0 Å². The zero-order chi connectivity index (χ0) is 10.6. The number of terminal acetylenes is 1. The van der Waals surface area contributed by atoms with Crippen molar-refractivity contribution in [3.63, 3.8) is 0 Å². The number of rotatable bonds is 2. The minimum absolute atomic E-state index is 0.341. The number of aromatic nitrogens is 2. The molecule has 0 aliphatic heterocycles. The summed E-state index contributed by atoms with van der Waals surface area (Å²) in [5.41, 5.74) is 0.722. The van der Waals surface area contributed by atoms with Gasteiger partial charge in [0.25, 0.3) is 0 Å². The molecule has 1 heterocycles. The Morgan fingerprint density at radius 2 is 2.43 bits per heavy atom. The third-order valence-corrected chi connectivity index (χ3v) is 2.42. The van der Waals surface area contributed by atoms with Crippen LogP contribution >= 0.6 is 11.8 Å². The van der Waals surface area contributed by atoms with E-state index in [4.69, 9.17) is 11.8 Å². The van der Waals surface area contributed by atoms with Gasteiger partial charge in [0.1, 0.15) is 11.7 Å².